The molecule has 0 saturated carbocycles. The molecule has 3 rings (SSSR count). The molecule has 0 bridgehead atoms. The quantitative estimate of drug-likeness (QED) is 0.759. The smallest absolute Gasteiger partial charge is 0.229 e. The molecule has 0 radical (unpaired) electrons. The van der Waals surface area contributed by atoms with Crippen molar-refractivity contribution in [2.75, 3.05) is 19.6 Å². The van der Waals surface area contributed by atoms with E-state index in [-0.39, 0.29) is 29.8 Å². The van der Waals surface area contributed by atoms with Crippen molar-refractivity contribution in [3.8, 4) is 0 Å². The maximum atomic E-state index is 13.1. The molecule has 2 aliphatic heterocycles. The minimum Gasteiger partial charge on any atom is -0.352 e. The molecule has 1 aromatic carbocycles. The molecule has 0 spiro atoms. The van der Waals surface area contributed by atoms with Crippen LogP contribution in [0.2, 0.25) is 5.02 Å². The molecule has 0 aromatic heterocycles. The summed E-state index contributed by atoms with van der Waals surface area (Å²) in [7, 11) is 0. The van der Waals surface area contributed by atoms with Gasteiger partial charge in [-0.15, -0.1) is 0 Å². The van der Waals surface area contributed by atoms with Crippen molar-refractivity contribution in [2.24, 2.45) is 5.92 Å². The average Bonchev–Trinajstić information content (AvgIpc) is 3.11. The number of nitrogens with one attached hydrogen (secondary N) is 3. The van der Waals surface area contributed by atoms with Crippen molar-refractivity contribution in [1.82, 2.24) is 21.1 Å². The molecule has 2 aliphatic rings. The van der Waals surface area contributed by atoms with Crippen molar-refractivity contribution >= 4 is 23.4 Å². The summed E-state index contributed by atoms with van der Waals surface area (Å²) >= 11 is 5.96. The predicted octanol–water partition coefficient (Wildman–Crippen LogP) is 1.62. The third-order valence-corrected chi connectivity index (χ3v) is 5.20. The minimum absolute atomic E-state index is 0.0440. The van der Waals surface area contributed by atoms with Crippen molar-refractivity contribution < 1.29 is 9.59 Å². The van der Waals surface area contributed by atoms with Gasteiger partial charge in [-0.25, -0.2) is 5.43 Å². The number of hydrogen-bond donors (Lipinski definition) is 3. The molecule has 2 fully saturated rings. The number of halogens is 1. The zero-order valence-electron chi connectivity index (χ0n) is 14.4. The Morgan fingerprint density at radius 2 is 2.08 bits per heavy atom. The SMILES string of the molecule is CCC(=O)NC1CCCN(C(=O)C2CNNC2c2ccc(Cl)cc2)C1. The average molecular weight is 365 g/mol. The van der Waals surface area contributed by atoms with Crippen molar-refractivity contribution in [1.29, 1.82) is 0 Å². The number of hydrazine groups is 1. The van der Waals surface area contributed by atoms with Gasteiger partial charge in [0.2, 0.25) is 11.8 Å². The fraction of sp³-hybridized carbons (Fsp3) is 0.556. The summed E-state index contributed by atoms with van der Waals surface area (Å²) in [4.78, 5) is 26.6. The monoisotopic (exact) mass is 364 g/mol. The van der Waals surface area contributed by atoms with Crippen LogP contribution in [-0.2, 0) is 9.59 Å². The van der Waals surface area contributed by atoms with Crippen LogP contribution in [0, 0.1) is 5.92 Å². The van der Waals surface area contributed by atoms with Crippen LogP contribution in [0.1, 0.15) is 37.8 Å². The summed E-state index contributed by atoms with van der Waals surface area (Å²) < 4.78 is 0. The van der Waals surface area contributed by atoms with Gasteiger partial charge in [-0.05, 0) is 30.5 Å². The van der Waals surface area contributed by atoms with Gasteiger partial charge in [0.15, 0.2) is 0 Å². The topological polar surface area (TPSA) is 73.5 Å². The van der Waals surface area contributed by atoms with E-state index >= 15 is 0 Å². The maximum absolute atomic E-state index is 13.1. The lowest BCUT2D eigenvalue weighted by molar-refractivity contribution is -0.137. The highest BCUT2D eigenvalue weighted by atomic mass is 35.5. The Morgan fingerprint density at radius 3 is 2.80 bits per heavy atom. The lowest BCUT2D eigenvalue weighted by Crippen LogP contribution is -2.51. The number of hydrogen-bond acceptors (Lipinski definition) is 4. The van der Waals surface area contributed by atoms with Gasteiger partial charge in [-0.3, -0.25) is 15.0 Å². The van der Waals surface area contributed by atoms with Crippen molar-refractivity contribution in [3.05, 3.63) is 34.9 Å². The number of carbonyl (C=O) groups is 2. The van der Waals surface area contributed by atoms with Crippen LogP contribution in [0.4, 0.5) is 0 Å². The minimum atomic E-state index is -0.165. The van der Waals surface area contributed by atoms with E-state index < -0.39 is 0 Å². The zero-order valence-corrected chi connectivity index (χ0v) is 15.2. The van der Waals surface area contributed by atoms with Gasteiger partial charge >= 0.3 is 0 Å². The fourth-order valence-corrected chi connectivity index (χ4v) is 3.70. The number of likely N-dealkylation sites (tertiary alicyclic amines) is 1. The molecule has 2 saturated heterocycles. The van der Waals surface area contributed by atoms with Crippen molar-refractivity contribution in [3.63, 3.8) is 0 Å². The third-order valence-electron chi connectivity index (χ3n) is 4.95. The van der Waals surface area contributed by atoms with Crippen LogP contribution in [0.15, 0.2) is 24.3 Å². The number of carbonyl (C=O) groups excluding carboxylic acids is 2. The van der Waals surface area contributed by atoms with Gasteiger partial charge in [0.1, 0.15) is 0 Å². The van der Waals surface area contributed by atoms with Gasteiger partial charge < -0.3 is 10.2 Å². The first-order valence-corrected chi connectivity index (χ1v) is 9.28. The molecule has 25 heavy (non-hydrogen) atoms. The number of amides is 2. The van der Waals surface area contributed by atoms with Gasteiger partial charge in [-0.2, -0.15) is 0 Å². The predicted molar refractivity (Wildman–Crippen MR) is 96.9 cm³/mol. The standard InChI is InChI=1S/C18H25ClN4O2/c1-2-16(24)21-14-4-3-9-23(11-14)18(25)15-10-20-22-17(15)12-5-7-13(19)8-6-12/h5-8,14-15,17,20,22H,2-4,9-11H2,1H3,(H,21,24). The van der Waals surface area contributed by atoms with Gasteiger partial charge in [-0.1, -0.05) is 30.7 Å². The second kappa shape index (κ2) is 8.17. The normalized spacial score (nSPS) is 26.5. The summed E-state index contributed by atoms with van der Waals surface area (Å²) in [6.45, 7) is 3.78. The highest BCUT2D eigenvalue weighted by Gasteiger charge is 2.37. The van der Waals surface area contributed by atoms with Crippen LogP contribution in [-0.4, -0.2) is 42.4 Å². The number of piperidine rings is 1. The molecule has 2 amide bonds. The summed E-state index contributed by atoms with van der Waals surface area (Å²) in [6, 6.07) is 7.57. The molecule has 3 unspecified atom stereocenters. The first-order valence-electron chi connectivity index (χ1n) is 8.90. The molecule has 7 heteroatoms. The van der Waals surface area contributed by atoms with Crippen LogP contribution < -0.4 is 16.2 Å². The highest BCUT2D eigenvalue weighted by molar-refractivity contribution is 6.30. The third kappa shape index (κ3) is 4.32. The van der Waals surface area contributed by atoms with E-state index in [0.717, 1.165) is 24.9 Å². The van der Waals surface area contributed by atoms with Gasteiger partial charge in [0, 0.05) is 37.1 Å². The Hall–Kier alpha value is -1.63. The van der Waals surface area contributed by atoms with Gasteiger partial charge in [0.05, 0.1) is 12.0 Å². The molecule has 3 N–H and O–H groups in total. The fourth-order valence-electron chi connectivity index (χ4n) is 3.57. The van der Waals surface area contributed by atoms with Crippen molar-refractivity contribution in [2.45, 2.75) is 38.3 Å². The molecule has 6 nitrogen and oxygen atoms in total. The van der Waals surface area contributed by atoms with Crippen LogP contribution >= 0.6 is 11.6 Å². The molecule has 3 atom stereocenters. The van der Waals surface area contributed by atoms with E-state index in [4.69, 9.17) is 11.6 Å². The Bertz CT molecular complexity index is 622. The Kier molecular flexibility index (Phi) is 5.93. The van der Waals surface area contributed by atoms with Crippen LogP contribution in [0.25, 0.3) is 0 Å². The van der Waals surface area contributed by atoms with E-state index in [1.54, 1.807) is 0 Å². The summed E-state index contributed by atoms with van der Waals surface area (Å²) in [5.74, 6) is 0.0113. The molecule has 136 valence electrons. The van der Waals surface area contributed by atoms with Crippen LogP contribution in [0.5, 0.6) is 0 Å². The lowest BCUT2D eigenvalue weighted by atomic mass is 9.92. The second-order valence-corrected chi connectivity index (χ2v) is 7.14. The molecule has 2 heterocycles. The largest absolute Gasteiger partial charge is 0.352 e. The molecule has 1 aromatic rings. The first kappa shape index (κ1) is 18.2. The maximum Gasteiger partial charge on any atom is 0.229 e. The second-order valence-electron chi connectivity index (χ2n) is 6.71. The van der Waals surface area contributed by atoms with E-state index in [1.165, 1.54) is 0 Å². The number of benzene rings is 1. The van der Waals surface area contributed by atoms with E-state index in [1.807, 2.05) is 36.1 Å². The summed E-state index contributed by atoms with van der Waals surface area (Å²) in [6.07, 6.45) is 2.32. The molecule has 0 aliphatic carbocycles. The first-order chi connectivity index (χ1) is 12.1. The van der Waals surface area contributed by atoms with Crippen LogP contribution in [0.3, 0.4) is 0 Å². The lowest BCUT2D eigenvalue weighted by Gasteiger charge is -2.35. The zero-order chi connectivity index (χ0) is 17.8. The van der Waals surface area contributed by atoms with E-state index in [9.17, 15) is 9.59 Å². The van der Waals surface area contributed by atoms with Gasteiger partial charge in [0.25, 0.3) is 0 Å². The molecular formula is C18H25ClN4O2. The summed E-state index contributed by atoms with van der Waals surface area (Å²) in [5.41, 5.74) is 7.35. The Balaban J connectivity index is 1.66. The summed E-state index contributed by atoms with van der Waals surface area (Å²) in [5, 5.41) is 3.70. The number of nitrogens with zero attached hydrogens (tertiary/aromatic N) is 1. The number of rotatable bonds is 4. The van der Waals surface area contributed by atoms with E-state index in [0.29, 0.717) is 24.5 Å². The van der Waals surface area contributed by atoms with E-state index in [2.05, 4.69) is 16.2 Å². The molecular weight excluding hydrogens is 340 g/mol. The Morgan fingerprint density at radius 1 is 1.32 bits per heavy atom. The Labute approximate surface area is 153 Å². The highest BCUT2D eigenvalue weighted by Crippen LogP contribution is 2.28.